The minimum absolute atomic E-state index is 0.00814. The maximum Gasteiger partial charge on any atom is 0.256 e. The molecular weight excluding hydrogens is 306 g/mol. The summed E-state index contributed by atoms with van der Waals surface area (Å²) < 4.78 is 0. The van der Waals surface area contributed by atoms with E-state index < -0.39 is 0 Å². The van der Waals surface area contributed by atoms with Crippen LogP contribution in [0.3, 0.4) is 0 Å². The van der Waals surface area contributed by atoms with Gasteiger partial charge >= 0.3 is 0 Å². The maximum atomic E-state index is 12.4. The lowest BCUT2D eigenvalue weighted by molar-refractivity contribution is -0.110. The highest BCUT2D eigenvalue weighted by molar-refractivity contribution is 6.32. The predicted octanol–water partition coefficient (Wildman–Crippen LogP) is 5.00. The standard InChI is InChI=1S/C20H20ClNO/c21-8-7-13-5-6-19-17(11-13)18(20(23)22-19)12-14-9-15-3-1-2-4-16(15)10-14/h5-6,9,11-12H,1-4,7-8,10H2,(H,22,23). The molecule has 3 aliphatic rings. The Labute approximate surface area is 141 Å². The molecule has 1 aromatic rings. The lowest BCUT2D eigenvalue weighted by Gasteiger charge is -2.12. The molecule has 0 saturated carbocycles. The Bertz CT molecular complexity index is 770. The fraction of sp³-hybridized carbons (Fsp3) is 0.350. The van der Waals surface area contributed by atoms with Gasteiger partial charge in [0.15, 0.2) is 0 Å². The van der Waals surface area contributed by atoms with Gasteiger partial charge in [-0.15, -0.1) is 11.6 Å². The fourth-order valence-electron chi connectivity index (χ4n) is 3.81. The highest BCUT2D eigenvalue weighted by atomic mass is 35.5. The number of rotatable bonds is 3. The van der Waals surface area contributed by atoms with E-state index in [2.05, 4.69) is 23.5 Å². The van der Waals surface area contributed by atoms with Crippen molar-refractivity contribution in [3.8, 4) is 0 Å². The van der Waals surface area contributed by atoms with Gasteiger partial charge in [0.25, 0.3) is 5.91 Å². The summed E-state index contributed by atoms with van der Waals surface area (Å²) in [5.41, 5.74) is 8.27. The number of benzene rings is 1. The molecule has 0 fully saturated rings. The number of carbonyl (C=O) groups is 1. The Balaban J connectivity index is 1.65. The van der Waals surface area contributed by atoms with Crippen LogP contribution < -0.4 is 5.32 Å². The van der Waals surface area contributed by atoms with Gasteiger partial charge in [0.1, 0.15) is 0 Å². The van der Waals surface area contributed by atoms with Gasteiger partial charge in [0.05, 0.1) is 0 Å². The first-order valence-corrected chi connectivity index (χ1v) is 8.92. The first kappa shape index (κ1) is 14.8. The molecule has 1 aromatic carbocycles. The lowest BCUT2D eigenvalue weighted by Crippen LogP contribution is -2.03. The molecule has 1 N–H and O–H groups in total. The van der Waals surface area contributed by atoms with Gasteiger partial charge in [-0.25, -0.2) is 0 Å². The van der Waals surface area contributed by atoms with Crippen molar-refractivity contribution < 1.29 is 4.79 Å². The third kappa shape index (κ3) is 2.76. The van der Waals surface area contributed by atoms with E-state index in [1.54, 1.807) is 5.57 Å². The van der Waals surface area contributed by atoms with E-state index in [4.69, 9.17) is 11.6 Å². The molecule has 2 nitrogen and oxygen atoms in total. The van der Waals surface area contributed by atoms with Crippen LogP contribution in [0.1, 0.15) is 43.2 Å². The second-order valence-electron chi connectivity index (χ2n) is 6.56. The number of carbonyl (C=O) groups excluding carboxylic acids is 1. The zero-order chi connectivity index (χ0) is 15.8. The molecule has 2 aliphatic carbocycles. The smallest absolute Gasteiger partial charge is 0.256 e. The predicted molar refractivity (Wildman–Crippen MR) is 95.7 cm³/mol. The summed E-state index contributed by atoms with van der Waals surface area (Å²) in [6.45, 7) is 0. The lowest BCUT2D eigenvalue weighted by atomic mass is 9.93. The molecule has 0 atom stereocenters. The van der Waals surface area contributed by atoms with E-state index in [1.165, 1.54) is 42.4 Å². The maximum absolute atomic E-state index is 12.4. The van der Waals surface area contributed by atoms with E-state index >= 15 is 0 Å². The second-order valence-corrected chi connectivity index (χ2v) is 6.94. The summed E-state index contributed by atoms with van der Waals surface area (Å²) in [5, 5.41) is 2.97. The third-order valence-electron chi connectivity index (χ3n) is 4.99. The molecule has 0 spiro atoms. The summed E-state index contributed by atoms with van der Waals surface area (Å²) in [5.74, 6) is 0.606. The number of fused-ring (bicyclic) bond motifs is 1. The van der Waals surface area contributed by atoms with Crippen molar-refractivity contribution in [3.63, 3.8) is 0 Å². The monoisotopic (exact) mass is 325 g/mol. The van der Waals surface area contributed by atoms with Gasteiger partial charge in [0.2, 0.25) is 0 Å². The number of halogens is 1. The molecule has 23 heavy (non-hydrogen) atoms. The molecule has 3 heteroatoms. The molecule has 0 bridgehead atoms. The number of hydrogen-bond donors (Lipinski definition) is 1. The van der Waals surface area contributed by atoms with Crippen molar-refractivity contribution >= 4 is 28.8 Å². The van der Waals surface area contributed by atoms with Crippen molar-refractivity contribution in [1.82, 2.24) is 0 Å². The van der Waals surface area contributed by atoms with Crippen LogP contribution in [0, 0.1) is 0 Å². The number of aryl methyl sites for hydroxylation is 1. The number of amides is 1. The highest BCUT2D eigenvalue weighted by Crippen LogP contribution is 2.39. The van der Waals surface area contributed by atoms with Crippen LogP contribution in [0.15, 0.2) is 47.1 Å². The van der Waals surface area contributed by atoms with Crippen molar-refractivity contribution in [2.75, 3.05) is 11.2 Å². The van der Waals surface area contributed by atoms with Gasteiger partial charge in [0, 0.05) is 22.7 Å². The van der Waals surface area contributed by atoms with Gasteiger partial charge in [-0.05, 0) is 73.4 Å². The van der Waals surface area contributed by atoms with Crippen LogP contribution in [0.25, 0.3) is 5.57 Å². The van der Waals surface area contributed by atoms with Gasteiger partial charge in [-0.3, -0.25) is 4.79 Å². The minimum Gasteiger partial charge on any atom is -0.321 e. The number of nitrogens with one attached hydrogen (secondary N) is 1. The Morgan fingerprint density at radius 1 is 1.22 bits per heavy atom. The number of hydrogen-bond acceptors (Lipinski definition) is 1. The van der Waals surface area contributed by atoms with Gasteiger partial charge < -0.3 is 5.32 Å². The molecule has 118 valence electrons. The summed E-state index contributed by atoms with van der Waals surface area (Å²) >= 11 is 5.85. The van der Waals surface area contributed by atoms with E-state index in [1.807, 2.05) is 12.1 Å². The Morgan fingerprint density at radius 3 is 2.91 bits per heavy atom. The molecule has 0 unspecified atom stereocenters. The summed E-state index contributed by atoms with van der Waals surface area (Å²) in [7, 11) is 0. The molecular formula is C20H20ClNO. The molecule has 0 radical (unpaired) electrons. The number of allylic oxidation sites excluding steroid dienone is 5. The highest BCUT2D eigenvalue weighted by Gasteiger charge is 2.26. The van der Waals surface area contributed by atoms with E-state index in [0.717, 1.165) is 29.7 Å². The summed E-state index contributed by atoms with van der Waals surface area (Å²) in [4.78, 5) is 12.4. The van der Waals surface area contributed by atoms with Crippen molar-refractivity contribution in [2.45, 2.75) is 38.5 Å². The van der Waals surface area contributed by atoms with Crippen LogP contribution in [-0.2, 0) is 11.2 Å². The summed E-state index contributed by atoms with van der Waals surface area (Å²) in [6, 6.07) is 6.13. The molecule has 1 amide bonds. The van der Waals surface area contributed by atoms with Crippen LogP contribution in [0.4, 0.5) is 5.69 Å². The van der Waals surface area contributed by atoms with Crippen molar-refractivity contribution in [2.24, 2.45) is 0 Å². The van der Waals surface area contributed by atoms with Crippen LogP contribution in [0.5, 0.6) is 0 Å². The number of anilines is 1. The quantitative estimate of drug-likeness (QED) is 0.614. The third-order valence-corrected chi connectivity index (χ3v) is 5.17. The topological polar surface area (TPSA) is 29.1 Å². The van der Waals surface area contributed by atoms with E-state index in [-0.39, 0.29) is 5.91 Å². The molecule has 0 aromatic heterocycles. The first-order chi connectivity index (χ1) is 11.2. The zero-order valence-corrected chi connectivity index (χ0v) is 13.9. The molecule has 4 rings (SSSR count). The first-order valence-electron chi connectivity index (χ1n) is 8.38. The zero-order valence-electron chi connectivity index (χ0n) is 13.1. The van der Waals surface area contributed by atoms with Crippen molar-refractivity contribution in [3.05, 3.63) is 58.2 Å². The minimum atomic E-state index is 0.00814. The Morgan fingerprint density at radius 2 is 2.09 bits per heavy atom. The van der Waals surface area contributed by atoms with Gasteiger partial charge in [-0.1, -0.05) is 17.7 Å². The van der Waals surface area contributed by atoms with Crippen LogP contribution in [-0.4, -0.2) is 11.8 Å². The van der Waals surface area contributed by atoms with Crippen LogP contribution >= 0.6 is 11.6 Å². The molecule has 1 heterocycles. The van der Waals surface area contributed by atoms with Gasteiger partial charge in [-0.2, -0.15) is 0 Å². The van der Waals surface area contributed by atoms with Crippen molar-refractivity contribution in [1.29, 1.82) is 0 Å². The average Bonchev–Trinajstić information content (AvgIpc) is 3.09. The summed E-state index contributed by atoms with van der Waals surface area (Å²) in [6.07, 6.45) is 11.3. The van der Waals surface area contributed by atoms with E-state index in [9.17, 15) is 4.79 Å². The SMILES string of the molecule is O=C1Nc2ccc(CCCl)cc2C1=CC1=CC2=C(CCCC2)C1. The average molecular weight is 326 g/mol. The Kier molecular flexibility index (Phi) is 3.86. The fourth-order valence-corrected chi connectivity index (χ4v) is 4.03. The normalized spacial score (nSPS) is 21.3. The Hall–Kier alpha value is -1.80. The largest absolute Gasteiger partial charge is 0.321 e. The van der Waals surface area contributed by atoms with E-state index in [0.29, 0.717) is 5.88 Å². The molecule has 0 saturated heterocycles. The van der Waals surface area contributed by atoms with Crippen LogP contribution in [0.2, 0.25) is 0 Å². The number of alkyl halides is 1. The molecule has 1 aliphatic heterocycles. The second kappa shape index (κ2) is 6.01.